The second kappa shape index (κ2) is 10.0. The molecule has 0 spiro atoms. The molecule has 1 aromatic heterocycles. The molecule has 1 aliphatic carbocycles. The quantitative estimate of drug-likeness (QED) is 0.649. The van der Waals surface area contributed by atoms with Gasteiger partial charge in [0.05, 0.1) is 0 Å². The van der Waals surface area contributed by atoms with Gasteiger partial charge in [0.1, 0.15) is 5.69 Å². The third-order valence-electron chi connectivity index (χ3n) is 7.10. The van der Waals surface area contributed by atoms with Crippen LogP contribution in [0.4, 0.5) is 0 Å². The van der Waals surface area contributed by atoms with Crippen LogP contribution in [0.25, 0.3) is 12.2 Å². The molecule has 1 saturated carbocycles. The maximum Gasteiger partial charge on any atom is 0.248 e. The molecule has 1 saturated heterocycles. The molecular weight excluding hydrogens is 450 g/mol. The number of piperidine rings is 1. The van der Waals surface area contributed by atoms with E-state index in [-0.39, 0.29) is 28.5 Å². The molecule has 2 aliphatic rings. The second-order valence-electron chi connectivity index (χ2n) is 9.78. The minimum atomic E-state index is -3.79. The van der Waals surface area contributed by atoms with Gasteiger partial charge in [0.25, 0.3) is 0 Å². The summed E-state index contributed by atoms with van der Waals surface area (Å²) in [5, 5.41) is 7.10. The van der Waals surface area contributed by atoms with E-state index in [0.717, 1.165) is 29.5 Å². The lowest BCUT2D eigenvalue weighted by molar-refractivity contribution is -0.126. The molecule has 1 aromatic carbocycles. The van der Waals surface area contributed by atoms with Gasteiger partial charge in [-0.3, -0.25) is 4.79 Å². The molecule has 8 heteroatoms. The van der Waals surface area contributed by atoms with E-state index >= 15 is 0 Å². The van der Waals surface area contributed by atoms with Crippen molar-refractivity contribution in [2.24, 2.45) is 5.92 Å². The van der Waals surface area contributed by atoms with Gasteiger partial charge in [-0.05, 0) is 76.1 Å². The smallest absolute Gasteiger partial charge is 0.248 e. The molecule has 0 unspecified atom stereocenters. The molecule has 1 N–H and O–H groups in total. The Hall–Kier alpha value is -2.45. The van der Waals surface area contributed by atoms with E-state index in [1.807, 2.05) is 19.9 Å². The van der Waals surface area contributed by atoms with Crippen LogP contribution in [0.2, 0.25) is 0 Å². The molecule has 4 rings (SSSR count). The Morgan fingerprint density at radius 1 is 1.03 bits per heavy atom. The van der Waals surface area contributed by atoms with E-state index in [1.54, 1.807) is 13.0 Å². The molecule has 0 radical (unpaired) electrons. The molecule has 184 valence electrons. The zero-order valence-corrected chi connectivity index (χ0v) is 21.4. The summed E-state index contributed by atoms with van der Waals surface area (Å²) in [5.41, 5.74) is 4.81. The van der Waals surface area contributed by atoms with Crippen LogP contribution >= 0.6 is 0 Å². The predicted octanol–water partition coefficient (Wildman–Crippen LogP) is 4.54. The fraction of sp³-hybridized carbons (Fsp3) is 0.538. The maximum atomic E-state index is 13.5. The summed E-state index contributed by atoms with van der Waals surface area (Å²) in [5.74, 6) is 0.165. The number of aryl methyl sites for hydroxylation is 4. The molecule has 1 aliphatic heterocycles. The van der Waals surface area contributed by atoms with Gasteiger partial charge >= 0.3 is 0 Å². The van der Waals surface area contributed by atoms with E-state index in [4.69, 9.17) is 4.52 Å². The third kappa shape index (κ3) is 5.13. The Morgan fingerprint density at radius 3 is 2.26 bits per heavy atom. The number of aromatic nitrogens is 1. The topological polar surface area (TPSA) is 92.5 Å². The summed E-state index contributed by atoms with van der Waals surface area (Å²) in [6.45, 7) is 8.41. The van der Waals surface area contributed by atoms with Crippen LogP contribution < -0.4 is 5.32 Å². The molecule has 2 heterocycles. The van der Waals surface area contributed by atoms with Crippen LogP contribution in [-0.2, 0) is 14.8 Å². The lowest BCUT2D eigenvalue weighted by Gasteiger charge is -2.31. The Bertz CT molecular complexity index is 1160. The molecule has 1 amide bonds. The van der Waals surface area contributed by atoms with Gasteiger partial charge in [0.15, 0.2) is 10.7 Å². The SMILES string of the molecule is Cc1cc(C)c(C=Cc2onc(C)c2S(=O)(=O)N2CCC(C(=O)NC3CCCC3)CC2)c(C)c1. The van der Waals surface area contributed by atoms with E-state index in [2.05, 4.69) is 29.5 Å². The highest BCUT2D eigenvalue weighted by Gasteiger charge is 2.36. The van der Waals surface area contributed by atoms with Crippen LogP contribution in [0, 0.1) is 33.6 Å². The van der Waals surface area contributed by atoms with Crippen molar-refractivity contribution in [1.29, 1.82) is 0 Å². The van der Waals surface area contributed by atoms with Crippen molar-refractivity contribution in [2.75, 3.05) is 13.1 Å². The lowest BCUT2D eigenvalue weighted by Crippen LogP contribution is -2.45. The summed E-state index contributed by atoms with van der Waals surface area (Å²) in [7, 11) is -3.79. The van der Waals surface area contributed by atoms with Crippen LogP contribution in [0.1, 0.15) is 72.2 Å². The number of rotatable bonds is 6. The van der Waals surface area contributed by atoms with E-state index in [0.29, 0.717) is 31.6 Å². The Morgan fingerprint density at radius 2 is 1.65 bits per heavy atom. The summed E-state index contributed by atoms with van der Waals surface area (Å²) in [6.07, 6.45) is 9.05. The average Bonchev–Trinajstić information content (AvgIpc) is 3.42. The molecule has 0 atom stereocenters. The molecule has 2 fully saturated rings. The summed E-state index contributed by atoms with van der Waals surface area (Å²) in [4.78, 5) is 12.7. The molecule has 0 bridgehead atoms. The lowest BCUT2D eigenvalue weighted by atomic mass is 9.97. The third-order valence-corrected chi connectivity index (χ3v) is 9.15. The van der Waals surface area contributed by atoms with Crippen molar-refractivity contribution in [2.45, 2.75) is 77.2 Å². The highest BCUT2D eigenvalue weighted by Crippen LogP contribution is 2.30. The summed E-state index contributed by atoms with van der Waals surface area (Å²) in [6, 6.07) is 4.48. The minimum absolute atomic E-state index is 0.0672. The molecule has 7 nitrogen and oxygen atoms in total. The van der Waals surface area contributed by atoms with Gasteiger partial charge in [-0.15, -0.1) is 0 Å². The minimum Gasteiger partial charge on any atom is -0.355 e. The first-order chi connectivity index (χ1) is 16.2. The fourth-order valence-corrected chi connectivity index (χ4v) is 7.01. The van der Waals surface area contributed by atoms with Crippen LogP contribution in [0.5, 0.6) is 0 Å². The molecular formula is C26H35N3O4S. The first kappa shape index (κ1) is 24.7. The summed E-state index contributed by atoms with van der Waals surface area (Å²) < 4.78 is 33.9. The standard InChI is InChI=1S/C26H35N3O4S/c1-17-15-18(2)23(19(3)16-17)9-10-24-25(20(4)28-33-24)34(31,32)29-13-11-21(12-14-29)26(30)27-22-7-5-6-8-22/h9-10,15-16,21-22H,5-8,11-14H2,1-4H3,(H,27,30). The number of hydrogen-bond acceptors (Lipinski definition) is 5. The van der Waals surface area contributed by atoms with Gasteiger partial charge in [-0.2, -0.15) is 4.31 Å². The predicted molar refractivity (Wildman–Crippen MR) is 133 cm³/mol. The van der Waals surface area contributed by atoms with Crippen LogP contribution in [0.15, 0.2) is 21.6 Å². The number of amides is 1. The second-order valence-corrected chi connectivity index (χ2v) is 11.7. The number of nitrogens with zero attached hydrogens (tertiary/aromatic N) is 2. The first-order valence-electron chi connectivity index (χ1n) is 12.2. The van der Waals surface area contributed by atoms with Crippen molar-refractivity contribution in [3.8, 4) is 0 Å². The van der Waals surface area contributed by atoms with E-state index in [1.165, 1.54) is 22.7 Å². The Balaban J connectivity index is 1.48. The number of carbonyl (C=O) groups excluding carboxylic acids is 1. The number of carbonyl (C=O) groups is 1. The van der Waals surface area contributed by atoms with Crippen molar-refractivity contribution < 1.29 is 17.7 Å². The van der Waals surface area contributed by atoms with E-state index < -0.39 is 10.0 Å². The van der Waals surface area contributed by atoms with Crippen molar-refractivity contribution in [1.82, 2.24) is 14.8 Å². The zero-order valence-electron chi connectivity index (χ0n) is 20.6. The zero-order chi connectivity index (χ0) is 24.5. The number of sulfonamides is 1. The van der Waals surface area contributed by atoms with Crippen LogP contribution in [-0.4, -0.2) is 42.9 Å². The van der Waals surface area contributed by atoms with Crippen molar-refractivity contribution in [3.63, 3.8) is 0 Å². The Labute approximate surface area is 202 Å². The Kier molecular flexibility index (Phi) is 7.28. The highest BCUT2D eigenvalue weighted by atomic mass is 32.2. The average molecular weight is 486 g/mol. The summed E-state index contributed by atoms with van der Waals surface area (Å²) >= 11 is 0. The van der Waals surface area contributed by atoms with Gasteiger partial charge in [-0.25, -0.2) is 8.42 Å². The number of benzene rings is 1. The number of hydrogen-bond donors (Lipinski definition) is 1. The normalized spacial score (nSPS) is 18.7. The monoisotopic (exact) mass is 485 g/mol. The molecule has 34 heavy (non-hydrogen) atoms. The van der Waals surface area contributed by atoms with Gasteiger partial charge in [0.2, 0.25) is 15.9 Å². The van der Waals surface area contributed by atoms with E-state index in [9.17, 15) is 13.2 Å². The highest BCUT2D eigenvalue weighted by molar-refractivity contribution is 7.89. The van der Waals surface area contributed by atoms with Crippen molar-refractivity contribution >= 4 is 28.1 Å². The van der Waals surface area contributed by atoms with Gasteiger partial charge in [0, 0.05) is 25.0 Å². The van der Waals surface area contributed by atoms with Gasteiger partial charge in [-0.1, -0.05) is 41.8 Å². The maximum absolute atomic E-state index is 13.5. The first-order valence-corrected chi connectivity index (χ1v) is 13.6. The fourth-order valence-electron chi connectivity index (χ4n) is 5.29. The van der Waals surface area contributed by atoms with Crippen LogP contribution in [0.3, 0.4) is 0 Å². The largest absolute Gasteiger partial charge is 0.355 e. The molecule has 2 aromatic rings. The van der Waals surface area contributed by atoms with Gasteiger partial charge < -0.3 is 9.84 Å². The number of nitrogens with one attached hydrogen (secondary N) is 1. The van der Waals surface area contributed by atoms with Crippen molar-refractivity contribution in [3.05, 3.63) is 45.8 Å².